The maximum absolute atomic E-state index is 10.7. The van der Waals surface area contributed by atoms with Crippen LogP contribution in [-0.4, -0.2) is 38.2 Å². The van der Waals surface area contributed by atoms with Gasteiger partial charge in [0, 0.05) is 6.42 Å². The van der Waals surface area contributed by atoms with E-state index < -0.39 is 0 Å². The lowest BCUT2D eigenvalue weighted by atomic mass is 10.2. The summed E-state index contributed by atoms with van der Waals surface area (Å²) in [4.78, 5) is 12.6. The first-order chi connectivity index (χ1) is 5.57. The largest absolute Gasteiger partial charge is 0.469 e. The molecule has 0 rings (SSSR count). The van der Waals surface area contributed by atoms with Gasteiger partial charge in [0.2, 0.25) is 0 Å². The number of esters is 1. The number of hydrogen-bond donors (Lipinski definition) is 1. The minimum atomic E-state index is -0.166. The van der Waals surface area contributed by atoms with Gasteiger partial charge in [-0.05, 0) is 26.9 Å². The van der Waals surface area contributed by atoms with Crippen molar-refractivity contribution in [2.45, 2.75) is 25.4 Å². The highest BCUT2D eigenvalue weighted by Gasteiger charge is 2.06. The van der Waals surface area contributed by atoms with E-state index in [0.717, 1.165) is 12.8 Å². The number of ether oxygens (including phenoxy) is 1. The lowest BCUT2D eigenvalue weighted by Crippen LogP contribution is -2.36. The zero-order chi connectivity index (χ0) is 9.56. The van der Waals surface area contributed by atoms with E-state index in [-0.39, 0.29) is 12.1 Å². The number of carbonyl (C=O) groups excluding carboxylic acids is 1. The van der Waals surface area contributed by atoms with Gasteiger partial charge in [-0.2, -0.15) is 0 Å². The lowest BCUT2D eigenvalue weighted by Gasteiger charge is -2.18. The number of hydrogen-bond acceptors (Lipinski definition) is 4. The predicted octanol–water partition coefficient (Wildman–Crippen LogP) is 0.176. The van der Waals surface area contributed by atoms with Gasteiger partial charge in [0.15, 0.2) is 0 Å². The maximum Gasteiger partial charge on any atom is 0.305 e. The van der Waals surface area contributed by atoms with Gasteiger partial charge in [-0.3, -0.25) is 9.69 Å². The van der Waals surface area contributed by atoms with Gasteiger partial charge in [-0.1, -0.05) is 0 Å². The van der Waals surface area contributed by atoms with Gasteiger partial charge >= 0.3 is 5.97 Å². The summed E-state index contributed by atoms with van der Waals surface area (Å²) in [5.74, 6) is -0.166. The molecular weight excluding hydrogens is 156 g/mol. The topological polar surface area (TPSA) is 55.6 Å². The van der Waals surface area contributed by atoms with E-state index in [1.807, 2.05) is 19.0 Å². The molecule has 0 amide bonds. The van der Waals surface area contributed by atoms with E-state index in [1.165, 1.54) is 7.11 Å². The van der Waals surface area contributed by atoms with E-state index in [0.29, 0.717) is 6.42 Å². The molecule has 0 aliphatic heterocycles. The Morgan fingerprint density at radius 1 is 1.58 bits per heavy atom. The summed E-state index contributed by atoms with van der Waals surface area (Å²) in [5.41, 5.74) is 5.72. The molecule has 0 saturated heterocycles. The van der Waals surface area contributed by atoms with Crippen LogP contribution in [0.25, 0.3) is 0 Å². The third kappa shape index (κ3) is 5.09. The molecule has 0 aliphatic rings. The summed E-state index contributed by atoms with van der Waals surface area (Å²) in [6, 6.07) is 0. The van der Waals surface area contributed by atoms with Crippen LogP contribution in [0.5, 0.6) is 0 Å². The Hall–Kier alpha value is -0.610. The molecule has 0 radical (unpaired) electrons. The Balaban J connectivity index is 3.37. The normalized spacial score (nSPS) is 13.1. The number of nitrogens with two attached hydrogens (primary N) is 1. The molecule has 0 bridgehead atoms. The van der Waals surface area contributed by atoms with Crippen molar-refractivity contribution in [1.82, 2.24) is 4.90 Å². The summed E-state index contributed by atoms with van der Waals surface area (Å²) >= 11 is 0. The fourth-order valence-electron chi connectivity index (χ4n) is 0.816. The highest BCUT2D eigenvalue weighted by atomic mass is 16.5. The van der Waals surface area contributed by atoms with E-state index >= 15 is 0 Å². The fourth-order valence-corrected chi connectivity index (χ4v) is 0.816. The molecule has 0 unspecified atom stereocenters. The van der Waals surface area contributed by atoms with Crippen molar-refractivity contribution < 1.29 is 9.53 Å². The van der Waals surface area contributed by atoms with Crippen molar-refractivity contribution in [3.8, 4) is 0 Å². The van der Waals surface area contributed by atoms with E-state index in [4.69, 9.17) is 5.73 Å². The van der Waals surface area contributed by atoms with Gasteiger partial charge in [0.25, 0.3) is 0 Å². The highest BCUT2D eigenvalue weighted by Crippen LogP contribution is 2.01. The first-order valence-electron chi connectivity index (χ1n) is 4.06. The van der Waals surface area contributed by atoms with Crippen LogP contribution in [0, 0.1) is 0 Å². The first-order valence-corrected chi connectivity index (χ1v) is 4.06. The van der Waals surface area contributed by atoms with Crippen LogP contribution in [0.3, 0.4) is 0 Å². The van der Waals surface area contributed by atoms with Crippen LogP contribution in [0.2, 0.25) is 0 Å². The van der Waals surface area contributed by atoms with Gasteiger partial charge in [0.05, 0.1) is 13.3 Å². The molecule has 12 heavy (non-hydrogen) atoms. The second-order valence-electron chi connectivity index (χ2n) is 3.00. The van der Waals surface area contributed by atoms with Gasteiger partial charge in [-0.25, -0.2) is 0 Å². The molecule has 4 heteroatoms. The minimum absolute atomic E-state index is 0.0367. The third-order valence-electron chi connectivity index (χ3n) is 1.77. The lowest BCUT2D eigenvalue weighted by molar-refractivity contribution is -0.140. The van der Waals surface area contributed by atoms with Gasteiger partial charge < -0.3 is 10.5 Å². The Morgan fingerprint density at radius 2 is 2.17 bits per heavy atom. The SMILES string of the molecule is COC(=O)CCC[C@@H](N)N(C)C. The number of methoxy groups -OCH3 is 1. The molecular formula is C8H18N2O2. The monoisotopic (exact) mass is 174 g/mol. The Bertz CT molecular complexity index is 137. The molecule has 4 nitrogen and oxygen atoms in total. The zero-order valence-corrected chi connectivity index (χ0v) is 8.04. The van der Waals surface area contributed by atoms with Crippen LogP contribution in [-0.2, 0) is 9.53 Å². The standard InChI is InChI=1S/C8H18N2O2/c1-10(2)7(9)5-4-6-8(11)12-3/h7H,4-6,9H2,1-3H3/t7-/m0/s1. The summed E-state index contributed by atoms with van der Waals surface area (Å²) < 4.78 is 4.50. The van der Waals surface area contributed by atoms with Crippen LogP contribution < -0.4 is 5.73 Å². The summed E-state index contributed by atoms with van der Waals surface area (Å²) in [5, 5.41) is 0. The molecule has 0 aromatic heterocycles. The van der Waals surface area contributed by atoms with Gasteiger partial charge in [-0.15, -0.1) is 0 Å². The van der Waals surface area contributed by atoms with Crippen molar-refractivity contribution in [2.24, 2.45) is 5.73 Å². The van der Waals surface area contributed by atoms with Crippen molar-refractivity contribution in [1.29, 1.82) is 0 Å². The summed E-state index contributed by atoms with van der Waals surface area (Å²) in [7, 11) is 5.24. The molecule has 2 N–H and O–H groups in total. The average molecular weight is 174 g/mol. The number of carbonyl (C=O) groups is 1. The molecule has 0 fully saturated rings. The quantitative estimate of drug-likeness (QED) is 0.477. The minimum Gasteiger partial charge on any atom is -0.469 e. The van der Waals surface area contributed by atoms with E-state index in [2.05, 4.69) is 4.74 Å². The molecule has 0 aromatic carbocycles. The highest BCUT2D eigenvalue weighted by molar-refractivity contribution is 5.68. The smallest absolute Gasteiger partial charge is 0.305 e. The number of nitrogens with zero attached hydrogens (tertiary/aromatic N) is 1. The maximum atomic E-state index is 10.7. The van der Waals surface area contributed by atoms with Gasteiger partial charge in [0.1, 0.15) is 0 Å². The second-order valence-corrected chi connectivity index (χ2v) is 3.00. The second kappa shape index (κ2) is 5.97. The molecule has 0 saturated carbocycles. The molecule has 0 aliphatic carbocycles. The van der Waals surface area contributed by atoms with E-state index in [1.54, 1.807) is 0 Å². The van der Waals surface area contributed by atoms with E-state index in [9.17, 15) is 4.79 Å². The predicted molar refractivity (Wildman–Crippen MR) is 47.5 cm³/mol. The summed E-state index contributed by atoms with van der Waals surface area (Å²) in [6.45, 7) is 0. The average Bonchev–Trinajstić information content (AvgIpc) is 2.03. The molecule has 72 valence electrons. The van der Waals surface area contributed by atoms with Crippen molar-refractivity contribution in [3.63, 3.8) is 0 Å². The van der Waals surface area contributed by atoms with Crippen molar-refractivity contribution >= 4 is 5.97 Å². The first kappa shape index (κ1) is 11.4. The van der Waals surface area contributed by atoms with Crippen LogP contribution >= 0.6 is 0 Å². The summed E-state index contributed by atoms with van der Waals surface area (Å²) in [6.07, 6.45) is 2.10. The Kier molecular flexibility index (Phi) is 5.66. The third-order valence-corrected chi connectivity index (χ3v) is 1.77. The zero-order valence-electron chi connectivity index (χ0n) is 8.04. The molecule has 1 atom stereocenters. The number of rotatable bonds is 5. The van der Waals surface area contributed by atoms with Crippen LogP contribution in [0.4, 0.5) is 0 Å². The molecule has 0 aromatic rings. The Morgan fingerprint density at radius 3 is 2.58 bits per heavy atom. The fraction of sp³-hybridized carbons (Fsp3) is 0.875. The molecule has 0 heterocycles. The molecule has 0 spiro atoms. The van der Waals surface area contributed by atoms with Crippen LogP contribution in [0.15, 0.2) is 0 Å². The van der Waals surface area contributed by atoms with Crippen LogP contribution in [0.1, 0.15) is 19.3 Å². The van der Waals surface area contributed by atoms with Crippen molar-refractivity contribution in [3.05, 3.63) is 0 Å². The van der Waals surface area contributed by atoms with Crippen molar-refractivity contribution in [2.75, 3.05) is 21.2 Å². The Labute approximate surface area is 73.7 Å².